The standard InChI is InChI=1S/C21H21N3O3/c1-4-19(20(25)23-15-10-13(2)9-14(3)11-15)27-21(26)18-12-22-16-7-5-6-8-17(16)24-18/h5-12,19H,4H2,1-3H3,(H,23,25). The fourth-order valence-corrected chi connectivity index (χ4v) is 2.84. The van der Waals surface area contributed by atoms with Crippen LogP contribution in [0.5, 0.6) is 0 Å². The largest absolute Gasteiger partial charge is 0.447 e. The van der Waals surface area contributed by atoms with E-state index in [1.165, 1.54) is 6.20 Å². The van der Waals surface area contributed by atoms with Gasteiger partial charge in [-0.1, -0.05) is 25.1 Å². The zero-order chi connectivity index (χ0) is 19.4. The lowest BCUT2D eigenvalue weighted by molar-refractivity contribution is -0.124. The molecule has 3 rings (SSSR count). The summed E-state index contributed by atoms with van der Waals surface area (Å²) >= 11 is 0. The van der Waals surface area contributed by atoms with Gasteiger partial charge in [0.1, 0.15) is 0 Å². The fourth-order valence-electron chi connectivity index (χ4n) is 2.84. The highest BCUT2D eigenvalue weighted by atomic mass is 16.5. The summed E-state index contributed by atoms with van der Waals surface area (Å²) in [5.74, 6) is -1.04. The smallest absolute Gasteiger partial charge is 0.359 e. The Morgan fingerprint density at radius 2 is 1.74 bits per heavy atom. The van der Waals surface area contributed by atoms with Crippen molar-refractivity contribution in [1.82, 2.24) is 9.97 Å². The van der Waals surface area contributed by atoms with E-state index in [1.807, 2.05) is 50.2 Å². The average molecular weight is 363 g/mol. The Hall–Kier alpha value is -3.28. The molecule has 0 saturated carbocycles. The van der Waals surface area contributed by atoms with Gasteiger partial charge in [0.15, 0.2) is 11.8 Å². The zero-order valence-corrected chi connectivity index (χ0v) is 15.5. The number of nitrogens with one attached hydrogen (secondary N) is 1. The second-order valence-electron chi connectivity index (χ2n) is 6.41. The van der Waals surface area contributed by atoms with E-state index >= 15 is 0 Å². The highest BCUT2D eigenvalue weighted by Crippen LogP contribution is 2.16. The molecule has 1 amide bonds. The first-order valence-electron chi connectivity index (χ1n) is 8.78. The van der Waals surface area contributed by atoms with E-state index in [0.717, 1.165) is 11.1 Å². The second-order valence-corrected chi connectivity index (χ2v) is 6.41. The maximum absolute atomic E-state index is 12.5. The van der Waals surface area contributed by atoms with Crippen LogP contribution in [-0.2, 0) is 9.53 Å². The van der Waals surface area contributed by atoms with Crippen LogP contribution >= 0.6 is 0 Å². The van der Waals surface area contributed by atoms with Crippen LogP contribution in [0.2, 0.25) is 0 Å². The minimum atomic E-state index is -0.911. The maximum Gasteiger partial charge on any atom is 0.359 e. The monoisotopic (exact) mass is 363 g/mol. The van der Waals surface area contributed by atoms with Crippen molar-refractivity contribution in [2.24, 2.45) is 0 Å². The predicted molar refractivity (Wildman–Crippen MR) is 104 cm³/mol. The highest BCUT2D eigenvalue weighted by molar-refractivity contribution is 5.97. The molecule has 0 aliphatic heterocycles. The molecule has 2 aromatic carbocycles. The summed E-state index contributed by atoms with van der Waals surface area (Å²) in [4.78, 5) is 33.4. The number of anilines is 1. The maximum atomic E-state index is 12.5. The normalized spacial score (nSPS) is 11.8. The number of para-hydroxylation sites is 2. The van der Waals surface area contributed by atoms with Gasteiger partial charge in [0.2, 0.25) is 0 Å². The molecule has 0 saturated heterocycles. The molecule has 6 nitrogen and oxygen atoms in total. The molecule has 1 heterocycles. The van der Waals surface area contributed by atoms with Crippen LogP contribution in [0.25, 0.3) is 11.0 Å². The van der Waals surface area contributed by atoms with Crippen molar-refractivity contribution in [2.75, 3.05) is 5.32 Å². The summed E-state index contributed by atoms with van der Waals surface area (Å²) < 4.78 is 5.38. The number of aryl methyl sites for hydroxylation is 2. The number of fused-ring (bicyclic) bond motifs is 1. The number of ether oxygens (including phenoxy) is 1. The number of rotatable bonds is 5. The molecule has 0 bridgehead atoms. The first-order valence-corrected chi connectivity index (χ1v) is 8.78. The molecule has 3 aromatic rings. The molecule has 0 spiro atoms. The second kappa shape index (κ2) is 7.95. The lowest BCUT2D eigenvalue weighted by Crippen LogP contribution is -2.32. The lowest BCUT2D eigenvalue weighted by Gasteiger charge is -2.16. The first kappa shape index (κ1) is 18.5. The van der Waals surface area contributed by atoms with E-state index in [4.69, 9.17) is 4.74 Å². The molecule has 27 heavy (non-hydrogen) atoms. The van der Waals surface area contributed by atoms with Gasteiger partial charge in [0.25, 0.3) is 5.91 Å². The van der Waals surface area contributed by atoms with E-state index in [9.17, 15) is 9.59 Å². The van der Waals surface area contributed by atoms with E-state index in [1.54, 1.807) is 13.0 Å². The molecule has 1 N–H and O–H groups in total. The van der Waals surface area contributed by atoms with Gasteiger partial charge in [0.05, 0.1) is 17.2 Å². The Labute approximate surface area is 157 Å². The van der Waals surface area contributed by atoms with Gasteiger partial charge in [-0.05, 0) is 55.7 Å². The molecule has 0 aliphatic rings. The number of esters is 1. The molecule has 1 unspecified atom stereocenters. The Bertz CT molecular complexity index is 981. The third-order valence-corrected chi connectivity index (χ3v) is 4.06. The summed E-state index contributed by atoms with van der Waals surface area (Å²) in [7, 11) is 0. The van der Waals surface area contributed by atoms with Gasteiger partial charge in [-0.3, -0.25) is 9.78 Å². The average Bonchev–Trinajstić information content (AvgIpc) is 2.64. The van der Waals surface area contributed by atoms with Gasteiger partial charge in [-0.2, -0.15) is 0 Å². The first-order chi connectivity index (χ1) is 13.0. The summed E-state index contributed by atoms with van der Waals surface area (Å²) in [5.41, 5.74) is 4.13. The van der Waals surface area contributed by atoms with Crippen molar-refractivity contribution in [3.8, 4) is 0 Å². The molecule has 0 radical (unpaired) electrons. The molecule has 138 valence electrons. The Morgan fingerprint density at radius 3 is 2.41 bits per heavy atom. The summed E-state index contributed by atoms with van der Waals surface area (Å²) in [5, 5.41) is 2.81. The molecular formula is C21H21N3O3. The number of carbonyl (C=O) groups is 2. The van der Waals surface area contributed by atoms with Gasteiger partial charge in [-0.15, -0.1) is 0 Å². The molecule has 0 fully saturated rings. The quantitative estimate of drug-likeness (QED) is 0.697. The van der Waals surface area contributed by atoms with E-state index in [0.29, 0.717) is 23.1 Å². The van der Waals surface area contributed by atoms with Gasteiger partial charge >= 0.3 is 5.97 Å². The van der Waals surface area contributed by atoms with Crippen LogP contribution < -0.4 is 5.32 Å². The molecule has 1 atom stereocenters. The van der Waals surface area contributed by atoms with Crippen molar-refractivity contribution in [2.45, 2.75) is 33.3 Å². The predicted octanol–water partition coefficient (Wildman–Crippen LogP) is 3.82. The Morgan fingerprint density at radius 1 is 1.07 bits per heavy atom. The van der Waals surface area contributed by atoms with Crippen molar-refractivity contribution >= 4 is 28.6 Å². The van der Waals surface area contributed by atoms with Gasteiger partial charge < -0.3 is 10.1 Å². The van der Waals surface area contributed by atoms with E-state index in [-0.39, 0.29) is 11.6 Å². The minimum Gasteiger partial charge on any atom is -0.447 e. The third-order valence-electron chi connectivity index (χ3n) is 4.06. The van der Waals surface area contributed by atoms with Crippen molar-refractivity contribution in [1.29, 1.82) is 0 Å². The Kier molecular flexibility index (Phi) is 5.45. The van der Waals surface area contributed by atoms with Crippen LogP contribution in [0.1, 0.15) is 35.0 Å². The number of hydrogen-bond acceptors (Lipinski definition) is 5. The number of amides is 1. The molecular weight excluding hydrogens is 342 g/mol. The minimum absolute atomic E-state index is 0.0753. The van der Waals surface area contributed by atoms with Crippen molar-refractivity contribution in [3.05, 3.63) is 65.5 Å². The molecule has 0 aliphatic carbocycles. The fraction of sp³-hybridized carbons (Fsp3) is 0.238. The van der Waals surface area contributed by atoms with Crippen molar-refractivity contribution in [3.63, 3.8) is 0 Å². The van der Waals surface area contributed by atoms with Gasteiger partial charge in [0, 0.05) is 5.69 Å². The number of carbonyl (C=O) groups excluding carboxylic acids is 2. The number of aromatic nitrogens is 2. The van der Waals surface area contributed by atoms with Crippen LogP contribution in [-0.4, -0.2) is 27.9 Å². The number of nitrogens with zero attached hydrogens (tertiary/aromatic N) is 2. The van der Waals surface area contributed by atoms with Crippen LogP contribution in [0.3, 0.4) is 0 Å². The zero-order valence-electron chi connectivity index (χ0n) is 15.5. The third kappa shape index (κ3) is 4.47. The van der Waals surface area contributed by atoms with Crippen molar-refractivity contribution < 1.29 is 14.3 Å². The lowest BCUT2D eigenvalue weighted by atomic mass is 10.1. The summed E-state index contributed by atoms with van der Waals surface area (Å²) in [6.45, 7) is 5.70. The van der Waals surface area contributed by atoms with Crippen LogP contribution in [0.15, 0.2) is 48.7 Å². The summed E-state index contributed by atoms with van der Waals surface area (Å²) in [6, 6.07) is 13.0. The molecule has 6 heteroatoms. The highest BCUT2D eigenvalue weighted by Gasteiger charge is 2.23. The van der Waals surface area contributed by atoms with Crippen LogP contribution in [0, 0.1) is 13.8 Å². The van der Waals surface area contributed by atoms with E-state index in [2.05, 4.69) is 15.3 Å². The van der Waals surface area contributed by atoms with Gasteiger partial charge in [-0.25, -0.2) is 9.78 Å². The molecule has 1 aromatic heterocycles. The Balaban J connectivity index is 1.72. The van der Waals surface area contributed by atoms with Crippen LogP contribution in [0.4, 0.5) is 5.69 Å². The van der Waals surface area contributed by atoms with E-state index < -0.39 is 12.1 Å². The number of hydrogen-bond donors (Lipinski definition) is 1. The topological polar surface area (TPSA) is 81.2 Å². The SMILES string of the molecule is CCC(OC(=O)c1cnc2ccccc2n1)C(=O)Nc1cc(C)cc(C)c1. The number of benzene rings is 2. The summed E-state index contributed by atoms with van der Waals surface area (Å²) in [6.07, 6.45) is 0.800.